The molecule has 0 fully saturated rings. The summed E-state index contributed by atoms with van der Waals surface area (Å²) in [6, 6.07) is 3.77. The molecule has 0 aliphatic carbocycles. The third-order valence-electron chi connectivity index (χ3n) is 2.06. The maximum atomic E-state index is 11.1. The molecule has 0 aliphatic rings. The lowest BCUT2D eigenvalue weighted by atomic mass is 10.0. The molecule has 0 bridgehead atoms. The molecule has 4 nitrogen and oxygen atoms in total. The van der Waals surface area contributed by atoms with Crippen LogP contribution in [0.15, 0.2) is 18.3 Å². The van der Waals surface area contributed by atoms with Crippen LogP contribution >= 0.6 is 0 Å². The van der Waals surface area contributed by atoms with Crippen molar-refractivity contribution in [2.45, 2.75) is 26.3 Å². The zero-order valence-corrected chi connectivity index (χ0v) is 8.66. The van der Waals surface area contributed by atoms with E-state index in [9.17, 15) is 4.79 Å². The van der Waals surface area contributed by atoms with Gasteiger partial charge < -0.3 is 11.1 Å². The van der Waals surface area contributed by atoms with Crippen molar-refractivity contribution in [2.24, 2.45) is 5.73 Å². The van der Waals surface area contributed by atoms with E-state index in [4.69, 9.17) is 5.73 Å². The molecule has 0 aliphatic heterocycles. The zero-order chi connectivity index (χ0) is 10.8. The Morgan fingerprint density at radius 2 is 2.21 bits per heavy atom. The molecular weight excluding hydrogens is 178 g/mol. The van der Waals surface area contributed by atoms with Crippen molar-refractivity contribution in [1.29, 1.82) is 0 Å². The molecule has 0 aromatic carbocycles. The van der Waals surface area contributed by atoms with Crippen molar-refractivity contribution in [3.05, 3.63) is 23.9 Å². The van der Waals surface area contributed by atoms with Crippen LogP contribution in [0.1, 0.15) is 19.4 Å². The number of carbonyl (C=O) groups is 1. The summed E-state index contributed by atoms with van der Waals surface area (Å²) in [6.45, 7) is 5.37. The van der Waals surface area contributed by atoms with E-state index in [2.05, 4.69) is 10.3 Å². The van der Waals surface area contributed by atoms with Crippen molar-refractivity contribution >= 4 is 11.7 Å². The molecule has 0 radical (unpaired) electrons. The van der Waals surface area contributed by atoms with Gasteiger partial charge in [0, 0.05) is 6.20 Å². The highest BCUT2D eigenvalue weighted by Gasteiger charge is 2.25. The molecule has 4 heteroatoms. The first-order valence-electron chi connectivity index (χ1n) is 4.43. The van der Waals surface area contributed by atoms with Gasteiger partial charge in [0.15, 0.2) is 0 Å². The van der Waals surface area contributed by atoms with Crippen LogP contribution < -0.4 is 11.1 Å². The van der Waals surface area contributed by atoms with Crippen molar-refractivity contribution in [3.8, 4) is 0 Å². The fourth-order valence-corrected chi connectivity index (χ4v) is 0.974. The van der Waals surface area contributed by atoms with Crippen LogP contribution in [-0.2, 0) is 4.79 Å². The van der Waals surface area contributed by atoms with Crippen LogP contribution in [0.3, 0.4) is 0 Å². The second-order valence-corrected chi connectivity index (χ2v) is 3.78. The molecule has 3 N–H and O–H groups in total. The van der Waals surface area contributed by atoms with Gasteiger partial charge in [0.2, 0.25) is 5.91 Å². The third kappa shape index (κ3) is 2.22. The number of rotatable bonds is 3. The number of nitrogens with two attached hydrogens (primary N) is 1. The first kappa shape index (κ1) is 10.5. The summed E-state index contributed by atoms with van der Waals surface area (Å²) < 4.78 is 0. The van der Waals surface area contributed by atoms with Crippen LogP contribution in [0.5, 0.6) is 0 Å². The van der Waals surface area contributed by atoms with Crippen molar-refractivity contribution < 1.29 is 4.79 Å². The summed E-state index contributed by atoms with van der Waals surface area (Å²) >= 11 is 0. The number of hydrogen-bond donors (Lipinski definition) is 2. The van der Waals surface area contributed by atoms with E-state index in [-0.39, 0.29) is 0 Å². The molecule has 0 atom stereocenters. The van der Waals surface area contributed by atoms with Crippen LogP contribution in [0.2, 0.25) is 0 Å². The molecule has 1 aromatic rings. The third-order valence-corrected chi connectivity index (χ3v) is 2.06. The fraction of sp³-hybridized carbons (Fsp3) is 0.400. The SMILES string of the molecule is Cc1cccnc1NC(C)(C)C(N)=O. The number of hydrogen-bond acceptors (Lipinski definition) is 3. The van der Waals surface area contributed by atoms with Crippen LogP contribution in [-0.4, -0.2) is 16.4 Å². The van der Waals surface area contributed by atoms with E-state index >= 15 is 0 Å². The van der Waals surface area contributed by atoms with Gasteiger partial charge in [0.25, 0.3) is 0 Å². The number of aromatic nitrogens is 1. The van der Waals surface area contributed by atoms with E-state index in [1.165, 1.54) is 0 Å². The van der Waals surface area contributed by atoms with Crippen LogP contribution in [0.4, 0.5) is 5.82 Å². The lowest BCUT2D eigenvalue weighted by Crippen LogP contribution is -2.45. The molecule has 14 heavy (non-hydrogen) atoms. The predicted molar refractivity (Wildman–Crippen MR) is 55.9 cm³/mol. The summed E-state index contributed by atoms with van der Waals surface area (Å²) in [7, 11) is 0. The van der Waals surface area contributed by atoms with Gasteiger partial charge in [-0.25, -0.2) is 4.98 Å². The van der Waals surface area contributed by atoms with E-state index < -0.39 is 11.4 Å². The molecule has 0 saturated carbocycles. The first-order chi connectivity index (χ1) is 6.43. The molecule has 1 amide bonds. The number of anilines is 1. The maximum absolute atomic E-state index is 11.1. The normalized spacial score (nSPS) is 11.1. The molecule has 0 unspecified atom stereocenters. The highest BCUT2D eigenvalue weighted by Crippen LogP contribution is 2.15. The molecule has 1 heterocycles. The quantitative estimate of drug-likeness (QED) is 0.754. The Bertz CT molecular complexity index is 347. The molecule has 0 saturated heterocycles. The van der Waals surface area contributed by atoms with Gasteiger partial charge in [0.05, 0.1) is 0 Å². The summed E-state index contributed by atoms with van der Waals surface area (Å²) in [5, 5.41) is 3.00. The lowest BCUT2D eigenvalue weighted by Gasteiger charge is -2.23. The van der Waals surface area contributed by atoms with Crippen molar-refractivity contribution in [2.75, 3.05) is 5.32 Å². The van der Waals surface area contributed by atoms with Gasteiger partial charge in [-0.15, -0.1) is 0 Å². The first-order valence-corrected chi connectivity index (χ1v) is 4.43. The fourth-order valence-electron chi connectivity index (χ4n) is 0.974. The zero-order valence-electron chi connectivity index (χ0n) is 8.66. The summed E-state index contributed by atoms with van der Waals surface area (Å²) in [6.07, 6.45) is 1.67. The largest absolute Gasteiger partial charge is 0.368 e. The minimum absolute atomic E-state index is 0.400. The lowest BCUT2D eigenvalue weighted by molar-refractivity contribution is -0.121. The van der Waals surface area contributed by atoms with E-state index in [1.807, 2.05) is 19.1 Å². The Morgan fingerprint density at radius 3 is 2.71 bits per heavy atom. The average Bonchev–Trinajstić information content (AvgIpc) is 2.08. The minimum atomic E-state index is -0.779. The van der Waals surface area contributed by atoms with Gasteiger partial charge in [0.1, 0.15) is 11.4 Å². The van der Waals surface area contributed by atoms with E-state index in [1.54, 1.807) is 20.0 Å². The Morgan fingerprint density at radius 1 is 1.57 bits per heavy atom. The monoisotopic (exact) mass is 193 g/mol. The second-order valence-electron chi connectivity index (χ2n) is 3.78. The predicted octanol–water partition coefficient (Wildman–Crippen LogP) is 1.07. The maximum Gasteiger partial charge on any atom is 0.242 e. The number of carbonyl (C=O) groups excluding carboxylic acids is 1. The smallest absolute Gasteiger partial charge is 0.242 e. The summed E-state index contributed by atoms with van der Waals surface area (Å²) in [5.41, 5.74) is 5.45. The van der Waals surface area contributed by atoms with Gasteiger partial charge in [-0.2, -0.15) is 0 Å². The standard InChI is InChI=1S/C10H15N3O/c1-7-5-4-6-12-8(7)13-10(2,3)9(11)14/h4-6H,1-3H3,(H2,11,14)(H,12,13). The van der Waals surface area contributed by atoms with E-state index in [0.717, 1.165) is 5.56 Å². The molecular formula is C10H15N3O. The molecule has 1 aromatic heterocycles. The number of pyridine rings is 1. The second kappa shape index (κ2) is 3.65. The van der Waals surface area contributed by atoms with Gasteiger partial charge in [-0.05, 0) is 32.4 Å². The van der Waals surface area contributed by atoms with Crippen LogP contribution in [0, 0.1) is 6.92 Å². The van der Waals surface area contributed by atoms with Gasteiger partial charge in [-0.1, -0.05) is 6.07 Å². The van der Waals surface area contributed by atoms with E-state index in [0.29, 0.717) is 5.82 Å². The highest BCUT2D eigenvalue weighted by atomic mass is 16.1. The van der Waals surface area contributed by atoms with Crippen molar-refractivity contribution in [3.63, 3.8) is 0 Å². The van der Waals surface area contributed by atoms with Gasteiger partial charge in [-0.3, -0.25) is 4.79 Å². The number of nitrogens with zero attached hydrogens (tertiary/aromatic N) is 1. The minimum Gasteiger partial charge on any atom is -0.368 e. The topological polar surface area (TPSA) is 68.0 Å². The summed E-state index contributed by atoms with van der Waals surface area (Å²) in [4.78, 5) is 15.2. The van der Waals surface area contributed by atoms with Gasteiger partial charge >= 0.3 is 0 Å². The average molecular weight is 193 g/mol. The van der Waals surface area contributed by atoms with Crippen molar-refractivity contribution in [1.82, 2.24) is 4.98 Å². The number of primary amides is 1. The number of aryl methyl sites for hydroxylation is 1. The summed E-state index contributed by atoms with van der Waals surface area (Å²) in [5.74, 6) is 0.291. The number of amides is 1. The Balaban J connectivity index is 2.89. The van der Waals surface area contributed by atoms with Crippen LogP contribution in [0.25, 0.3) is 0 Å². The molecule has 1 rings (SSSR count). The molecule has 0 spiro atoms. The Labute approximate surface area is 83.5 Å². The molecule has 76 valence electrons. The Kier molecular flexibility index (Phi) is 2.74. The highest BCUT2D eigenvalue weighted by molar-refractivity contribution is 5.86. The number of nitrogens with one attached hydrogen (secondary N) is 1. The Hall–Kier alpha value is -1.58.